The Morgan fingerprint density at radius 3 is 2.65 bits per heavy atom. The maximum Gasteiger partial charge on any atom is 0.145 e. The van der Waals surface area contributed by atoms with Gasteiger partial charge in [-0.15, -0.1) is 0 Å². The standard InChI is InChI=1S/C14H25N5O/c1-4-11-9-12(18(3)16-11)10-19-7-5-14(2,6-8-19)13(15)17-20/h9,20H,4-8,10H2,1-3H3,(H2,15,17). The Kier molecular flexibility index (Phi) is 4.32. The third kappa shape index (κ3) is 2.95. The van der Waals surface area contributed by atoms with E-state index < -0.39 is 0 Å². The Hall–Kier alpha value is -1.56. The van der Waals surface area contributed by atoms with Crippen molar-refractivity contribution in [2.45, 2.75) is 39.7 Å². The molecule has 1 aromatic rings. The van der Waals surface area contributed by atoms with E-state index in [4.69, 9.17) is 10.9 Å². The predicted molar refractivity (Wildman–Crippen MR) is 78.6 cm³/mol. The summed E-state index contributed by atoms with van der Waals surface area (Å²) < 4.78 is 1.97. The van der Waals surface area contributed by atoms with Crippen LogP contribution in [0.2, 0.25) is 0 Å². The summed E-state index contributed by atoms with van der Waals surface area (Å²) in [5, 5.41) is 16.5. The van der Waals surface area contributed by atoms with E-state index >= 15 is 0 Å². The molecule has 0 aromatic carbocycles. The van der Waals surface area contributed by atoms with Crippen molar-refractivity contribution in [2.24, 2.45) is 23.4 Å². The normalized spacial score (nSPS) is 20.2. The van der Waals surface area contributed by atoms with E-state index in [1.54, 1.807) is 0 Å². The highest BCUT2D eigenvalue weighted by Gasteiger charge is 2.34. The van der Waals surface area contributed by atoms with Crippen molar-refractivity contribution in [3.05, 3.63) is 17.5 Å². The molecule has 1 aliphatic heterocycles. The summed E-state index contributed by atoms with van der Waals surface area (Å²) in [6, 6.07) is 2.18. The van der Waals surface area contributed by atoms with Crippen molar-refractivity contribution in [3.8, 4) is 0 Å². The number of nitrogens with zero attached hydrogens (tertiary/aromatic N) is 4. The van der Waals surface area contributed by atoms with Gasteiger partial charge < -0.3 is 10.9 Å². The third-order valence-corrected chi connectivity index (χ3v) is 4.46. The summed E-state index contributed by atoms with van der Waals surface area (Å²) in [6.45, 7) is 7.02. The van der Waals surface area contributed by atoms with Crippen LogP contribution in [0.4, 0.5) is 0 Å². The van der Waals surface area contributed by atoms with Crippen LogP contribution in [0.15, 0.2) is 11.2 Å². The Morgan fingerprint density at radius 1 is 1.50 bits per heavy atom. The smallest absolute Gasteiger partial charge is 0.145 e. The predicted octanol–water partition coefficient (Wildman–Crippen LogP) is 1.33. The molecule has 1 fully saturated rings. The molecule has 0 aliphatic carbocycles. The monoisotopic (exact) mass is 279 g/mol. The van der Waals surface area contributed by atoms with Crippen LogP contribution in [0.1, 0.15) is 38.1 Å². The lowest BCUT2D eigenvalue weighted by Gasteiger charge is -2.38. The van der Waals surface area contributed by atoms with Gasteiger partial charge in [0.15, 0.2) is 0 Å². The average Bonchev–Trinajstić information content (AvgIpc) is 2.81. The fourth-order valence-electron chi connectivity index (χ4n) is 2.70. The zero-order chi connectivity index (χ0) is 14.8. The molecule has 0 saturated carbocycles. The van der Waals surface area contributed by atoms with E-state index in [0.717, 1.165) is 44.6 Å². The number of piperidine rings is 1. The van der Waals surface area contributed by atoms with Crippen molar-refractivity contribution < 1.29 is 5.21 Å². The quantitative estimate of drug-likeness (QED) is 0.377. The number of aryl methyl sites for hydroxylation is 2. The Balaban J connectivity index is 1.96. The number of amidine groups is 1. The minimum absolute atomic E-state index is 0.174. The molecule has 0 spiro atoms. The zero-order valence-corrected chi connectivity index (χ0v) is 12.6. The maximum absolute atomic E-state index is 8.86. The van der Waals surface area contributed by atoms with E-state index in [-0.39, 0.29) is 5.41 Å². The SMILES string of the molecule is CCc1cc(CN2CCC(C)(/C(N)=N/O)CC2)n(C)n1. The van der Waals surface area contributed by atoms with Crippen LogP contribution in [0.5, 0.6) is 0 Å². The van der Waals surface area contributed by atoms with Crippen LogP contribution < -0.4 is 5.73 Å². The minimum Gasteiger partial charge on any atom is -0.409 e. The first-order valence-corrected chi connectivity index (χ1v) is 7.20. The molecule has 1 aliphatic rings. The lowest BCUT2D eigenvalue weighted by Crippen LogP contribution is -2.45. The molecule has 6 heteroatoms. The molecule has 3 N–H and O–H groups in total. The van der Waals surface area contributed by atoms with Gasteiger partial charge in [-0.25, -0.2) is 0 Å². The molecule has 0 amide bonds. The largest absolute Gasteiger partial charge is 0.409 e. The summed E-state index contributed by atoms with van der Waals surface area (Å²) in [5.74, 6) is 0.353. The molecular formula is C14H25N5O. The second-order valence-electron chi connectivity index (χ2n) is 5.93. The van der Waals surface area contributed by atoms with E-state index in [2.05, 4.69) is 35.1 Å². The van der Waals surface area contributed by atoms with Gasteiger partial charge in [-0.3, -0.25) is 9.58 Å². The number of hydrogen-bond donors (Lipinski definition) is 2. The highest BCUT2D eigenvalue weighted by molar-refractivity contribution is 5.85. The van der Waals surface area contributed by atoms with Gasteiger partial charge in [-0.05, 0) is 38.4 Å². The highest BCUT2D eigenvalue weighted by atomic mass is 16.4. The van der Waals surface area contributed by atoms with Crippen molar-refractivity contribution in [1.29, 1.82) is 0 Å². The fraction of sp³-hybridized carbons (Fsp3) is 0.714. The van der Waals surface area contributed by atoms with E-state index in [0.29, 0.717) is 5.84 Å². The van der Waals surface area contributed by atoms with Gasteiger partial charge in [-0.1, -0.05) is 19.0 Å². The second-order valence-corrected chi connectivity index (χ2v) is 5.93. The van der Waals surface area contributed by atoms with Gasteiger partial charge in [0.2, 0.25) is 0 Å². The maximum atomic E-state index is 8.86. The number of nitrogens with two attached hydrogens (primary N) is 1. The summed E-state index contributed by atoms with van der Waals surface area (Å²) in [4.78, 5) is 2.41. The average molecular weight is 279 g/mol. The molecule has 20 heavy (non-hydrogen) atoms. The number of rotatable bonds is 4. The van der Waals surface area contributed by atoms with Crippen molar-refractivity contribution in [1.82, 2.24) is 14.7 Å². The van der Waals surface area contributed by atoms with Crippen LogP contribution >= 0.6 is 0 Å². The topological polar surface area (TPSA) is 79.7 Å². The lowest BCUT2D eigenvalue weighted by atomic mass is 9.79. The minimum atomic E-state index is -0.174. The number of likely N-dealkylation sites (tertiary alicyclic amines) is 1. The number of aromatic nitrogens is 2. The molecule has 1 saturated heterocycles. The van der Waals surface area contributed by atoms with Gasteiger partial charge >= 0.3 is 0 Å². The third-order valence-electron chi connectivity index (χ3n) is 4.46. The van der Waals surface area contributed by atoms with Crippen LogP contribution in [-0.4, -0.2) is 38.8 Å². The molecule has 0 unspecified atom stereocenters. The highest BCUT2D eigenvalue weighted by Crippen LogP contribution is 2.31. The first-order chi connectivity index (χ1) is 9.48. The van der Waals surface area contributed by atoms with Gasteiger partial charge in [0.1, 0.15) is 5.84 Å². The van der Waals surface area contributed by atoms with Crippen molar-refractivity contribution in [3.63, 3.8) is 0 Å². The van der Waals surface area contributed by atoms with Gasteiger partial charge in [0, 0.05) is 19.0 Å². The Labute approximate surface area is 120 Å². The summed E-state index contributed by atoms with van der Waals surface area (Å²) in [6.07, 6.45) is 2.80. The van der Waals surface area contributed by atoms with Gasteiger partial charge in [-0.2, -0.15) is 5.10 Å². The molecule has 6 nitrogen and oxygen atoms in total. The van der Waals surface area contributed by atoms with Gasteiger partial charge in [0.05, 0.1) is 11.4 Å². The molecule has 2 heterocycles. The number of oxime groups is 1. The summed E-state index contributed by atoms with van der Waals surface area (Å²) in [7, 11) is 2.00. The zero-order valence-electron chi connectivity index (χ0n) is 12.6. The first-order valence-electron chi connectivity index (χ1n) is 7.20. The van der Waals surface area contributed by atoms with E-state index in [1.165, 1.54) is 5.69 Å². The Morgan fingerprint density at radius 2 is 2.15 bits per heavy atom. The number of hydrogen-bond acceptors (Lipinski definition) is 4. The van der Waals surface area contributed by atoms with Crippen LogP contribution in [0.3, 0.4) is 0 Å². The molecule has 2 rings (SSSR count). The summed E-state index contributed by atoms with van der Waals surface area (Å²) >= 11 is 0. The van der Waals surface area contributed by atoms with E-state index in [9.17, 15) is 0 Å². The van der Waals surface area contributed by atoms with Crippen molar-refractivity contribution >= 4 is 5.84 Å². The Bertz CT molecular complexity index is 486. The van der Waals surface area contributed by atoms with Crippen LogP contribution in [0, 0.1) is 5.41 Å². The van der Waals surface area contributed by atoms with E-state index in [1.807, 2.05) is 11.7 Å². The van der Waals surface area contributed by atoms with Crippen LogP contribution in [0.25, 0.3) is 0 Å². The summed E-state index contributed by atoms with van der Waals surface area (Å²) in [5.41, 5.74) is 8.00. The molecule has 0 bridgehead atoms. The molecule has 112 valence electrons. The molecule has 1 aromatic heterocycles. The van der Waals surface area contributed by atoms with Crippen LogP contribution in [-0.2, 0) is 20.0 Å². The molecular weight excluding hydrogens is 254 g/mol. The second kappa shape index (κ2) is 5.83. The molecule has 0 atom stereocenters. The fourth-order valence-corrected chi connectivity index (χ4v) is 2.70. The lowest BCUT2D eigenvalue weighted by molar-refractivity contribution is 0.150. The first kappa shape index (κ1) is 14.8. The molecule has 0 radical (unpaired) electrons. The van der Waals surface area contributed by atoms with Crippen molar-refractivity contribution in [2.75, 3.05) is 13.1 Å². The van der Waals surface area contributed by atoms with Gasteiger partial charge in [0.25, 0.3) is 0 Å².